The standard InChI is InChI=1S/C9H18N4/c1-8(2)4-3-5-13-7-9(6-10)11-12-13/h7-8H,3-6,10H2,1-2H3. The number of hydrogen-bond acceptors (Lipinski definition) is 3. The van der Waals surface area contributed by atoms with E-state index in [1.165, 1.54) is 6.42 Å². The molecule has 0 spiro atoms. The zero-order valence-electron chi connectivity index (χ0n) is 8.40. The fourth-order valence-corrected chi connectivity index (χ4v) is 1.20. The van der Waals surface area contributed by atoms with Crippen molar-refractivity contribution in [1.29, 1.82) is 0 Å². The van der Waals surface area contributed by atoms with E-state index in [2.05, 4.69) is 24.2 Å². The predicted octanol–water partition coefficient (Wildman–Crippen LogP) is 1.17. The average Bonchev–Trinajstić information content (AvgIpc) is 2.52. The molecule has 0 fully saturated rings. The molecule has 13 heavy (non-hydrogen) atoms. The Bertz CT molecular complexity index is 242. The predicted molar refractivity (Wildman–Crippen MR) is 52.0 cm³/mol. The quantitative estimate of drug-likeness (QED) is 0.743. The minimum atomic E-state index is 0.476. The van der Waals surface area contributed by atoms with Gasteiger partial charge in [-0.05, 0) is 18.8 Å². The Hall–Kier alpha value is -0.900. The average molecular weight is 182 g/mol. The van der Waals surface area contributed by atoms with E-state index in [0.29, 0.717) is 6.54 Å². The van der Waals surface area contributed by atoms with Gasteiger partial charge in [0.1, 0.15) is 0 Å². The van der Waals surface area contributed by atoms with E-state index < -0.39 is 0 Å². The third kappa shape index (κ3) is 3.55. The molecule has 1 heterocycles. The molecule has 1 rings (SSSR count). The fraction of sp³-hybridized carbons (Fsp3) is 0.778. The highest BCUT2D eigenvalue weighted by molar-refractivity contribution is 4.90. The summed E-state index contributed by atoms with van der Waals surface area (Å²) in [5.41, 5.74) is 6.29. The maximum Gasteiger partial charge on any atom is 0.0962 e. The van der Waals surface area contributed by atoms with Crippen LogP contribution in [0, 0.1) is 5.92 Å². The van der Waals surface area contributed by atoms with Crippen LogP contribution in [0.1, 0.15) is 32.4 Å². The lowest BCUT2D eigenvalue weighted by Gasteiger charge is -2.03. The van der Waals surface area contributed by atoms with Gasteiger partial charge in [0, 0.05) is 19.3 Å². The van der Waals surface area contributed by atoms with Crippen molar-refractivity contribution in [1.82, 2.24) is 15.0 Å². The van der Waals surface area contributed by atoms with Gasteiger partial charge in [0.25, 0.3) is 0 Å². The third-order valence-electron chi connectivity index (χ3n) is 1.96. The Morgan fingerprint density at radius 3 is 2.85 bits per heavy atom. The van der Waals surface area contributed by atoms with Gasteiger partial charge in [-0.1, -0.05) is 19.1 Å². The summed E-state index contributed by atoms with van der Waals surface area (Å²) in [6, 6.07) is 0. The first kappa shape index (κ1) is 10.2. The lowest BCUT2D eigenvalue weighted by Crippen LogP contribution is -2.00. The highest BCUT2D eigenvalue weighted by Crippen LogP contribution is 2.04. The van der Waals surface area contributed by atoms with Gasteiger partial charge in [-0.15, -0.1) is 5.10 Å². The highest BCUT2D eigenvalue weighted by Gasteiger charge is 1.98. The number of aryl methyl sites for hydroxylation is 1. The third-order valence-corrected chi connectivity index (χ3v) is 1.96. The Morgan fingerprint density at radius 2 is 2.31 bits per heavy atom. The van der Waals surface area contributed by atoms with E-state index in [4.69, 9.17) is 5.73 Å². The molecule has 0 unspecified atom stereocenters. The summed E-state index contributed by atoms with van der Waals surface area (Å²) in [6.45, 7) is 5.88. The summed E-state index contributed by atoms with van der Waals surface area (Å²) >= 11 is 0. The molecule has 0 aliphatic carbocycles. The molecule has 0 aliphatic heterocycles. The number of hydrogen-bond donors (Lipinski definition) is 1. The Labute approximate surface area is 79.1 Å². The second-order valence-corrected chi connectivity index (χ2v) is 3.71. The van der Waals surface area contributed by atoms with Crippen LogP contribution < -0.4 is 5.73 Å². The van der Waals surface area contributed by atoms with Crippen LogP contribution in [-0.2, 0) is 13.1 Å². The van der Waals surface area contributed by atoms with Crippen molar-refractivity contribution in [3.63, 3.8) is 0 Å². The first-order valence-electron chi connectivity index (χ1n) is 4.81. The van der Waals surface area contributed by atoms with E-state index in [-0.39, 0.29) is 0 Å². The normalized spacial score (nSPS) is 11.1. The molecule has 0 aromatic carbocycles. The van der Waals surface area contributed by atoms with E-state index in [1.54, 1.807) is 0 Å². The van der Waals surface area contributed by atoms with Crippen molar-refractivity contribution in [2.75, 3.05) is 0 Å². The SMILES string of the molecule is CC(C)CCCn1cc(CN)nn1. The Kier molecular flexibility index (Phi) is 3.89. The van der Waals surface area contributed by atoms with Crippen molar-refractivity contribution < 1.29 is 0 Å². The van der Waals surface area contributed by atoms with E-state index in [9.17, 15) is 0 Å². The minimum Gasteiger partial charge on any atom is -0.325 e. The molecule has 0 bridgehead atoms. The zero-order chi connectivity index (χ0) is 9.68. The number of nitrogens with zero attached hydrogens (tertiary/aromatic N) is 3. The first-order valence-corrected chi connectivity index (χ1v) is 4.81. The van der Waals surface area contributed by atoms with Crippen molar-refractivity contribution in [3.05, 3.63) is 11.9 Å². The molecule has 4 heteroatoms. The van der Waals surface area contributed by atoms with Gasteiger partial charge in [-0.2, -0.15) is 0 Å². The van der Waals surface area contributed by atoms with E-state index >= 15 is 0 Å². The molecule has 4 nitrogen and oxygen atoms in total. The first-order chi connectivity index (χ1) is 6.22. The summed E-state index contributed by atoms with van der Waals surface area (Å²) in [6.07, 6.45) is 4.31. The summed E-state index contributed by atoms with van der Waals surface area (Å²) in [7, 11) is 0. The van der Waals surface area contributed by atoms with Gasteiger partial charge in [0.2, 0.25) is 0 Å². The maximum absolute atomic E-state index is 5.42. The number of nitrogens with two attached hydrogens (primary N) is 1. The summed E-state index contributed by atoms with van der Waals surface area (Å²) in [5.74, 6) is 0.762. The summed E-state index contributed by atoms with van der Waals surface area (Å²) in [5, 5.41) is 7.89. The highest BCUT2D eigenvalue weighted by atomic mass is 15.4. The molecular formula is C9H18N4. The molecule has 0 amide bonds. The second-order valence-electron chi connectivity index (χ2n) is 3.71. The molecule has 0 saturated carbocycles. The molecule has 1 aromatic heterocycles. The fourth-order valence-electron chi connectivity index (χ4n) is 1.20. The lowest BCUT2D eigenvalue weighted by atomic mass is 10.1. The lowest BCUT2D eigenvalue weighted by molar-refractivity contribution is 0.482. The number of aromatic nitrogens is 3. The Balaban J connectivity index is 2.28. The monoisotopic (exact) mass is 182 g/mol. The van der Waals surface area contributed by atoms with Crippen LogP contribution in [0.2, 0.25) is 0 Å². The van der Waals surface area contributed by atoms with Crippen LogP contribution >= 0.6 is 0 Å². The largest absolute Gasteiger partial charge is 0.325 e. The molecule has 0 radical (unpaired) electrons. The molecular weight excluding hydrogens is 164 g/mol. The van der Waals surface area contributed by atoms with Gasteiger partial charge in [-0.3, -0.25) is 4.68 Å². The van der Waals surface area contributed by atoms with Gasteiger partial charge in [0.05, 0.1) is 5.69 Å². The van der Waals surface area contributed by atoms with Crippen LogP contribution in [0.4, 0.5) is 0 Å². The molecule has 2 N–H and O–H groups in total. The molecule has 1 aromatic rings. The van der Waals surface area contributed by atoms with Crippen molar-refractivity contribution in [3.8, 4) is 0 Å². The van der Waals surface area contributed by atoms with Crippen LogP contribution in [0.15, 0.2) is 6.20 Å². The molecule has 0 aliphatic rings. The Morgan fingerprint density at radius 1 is 1.54 bits per heavy atom. The number of rotatable bonds is 5. The second kappa shape index (κ2) is 4.97. The van der Waals surface area contributed by atoms with Gasteiger partial charge in [-0.25, -0.2) is 0 Å². The minimum absolute atomic E-state index is 0.476. The van der Waals surface area contributed by atoms with Gasteiger partial charge in [0.15, 0.2) is 0 Å². The van der Waals surface area contributed by atoms with Crippen LogP contribution in [0.5, 0.6) is 0 Å². The van der Waals surface area contributed by atoms with E-state index in [0.717, 1.165) is 24.6 Å². The topological polar surface area (TPSA) is 56.7 Å². The molecule has 0 saturated heterocycles. The van der Waals surface area contributed by atoms with Crippen LogP contribution in [0.3, 0.4) is 0 Å². The molecule has 74 valence electrons. The molecule has 0 atom stereocenters. The van der Waals surface area contributed by atoms with E-state index in [1.807, 2.05) is 10.9 Å². The van der Waals surface area contributed by atoms with Crippen molar-refractivity contribution in [2.45, 2.75) is 39.8 Å². The summed E-state index contributed by atoms with van der Waals surface area (Å²) in [4.78, 5) is 0. The van der Waals surface area contributed by atoms with Gasteiger partial charge >= 0.3 is 0 Å². The maximum atomic E-state index is 5.42. The summed E-state index contributed by atoms with van der Waals surface area (Å²) < 4.78 is 1.87. The van der Waals surface area contributed by atoms with Crippen LogP contribution in [-0.4, -0.2) is 15.0 Å². The zero-order valence-corrected chi connectivity index (χ0v) is 8.40. The van der Waals surface area contributed by atoms with Crippen molar-refractivity contribution in [2.24, 2.45) is 11.7 Å². The van der Waals surface area contributed by atoms with Crippen molar-refractivity contribution >= 4 is 0 Å². The smallest absolute Gasteiger partial charge is 0.0962 e. The van der Waals surface area contributed by atoms with Gasteiger partial charge < -0.3 is 5.73 Å². The van der Waals surface area contributed by atoms with Crippen LogP contribution in [0.25, 0.3) is 0 Å².